The number of benzene rings is 2. The van der Waals surface area contributed by atoms with Gasteiger partial charge in [0.2, 0.25) is 5.82 Å². The molecular weight excluding hydrogens is 512 g/mol. The Morgan fingerprint density at radius 2 is 1.64 bits per heavy atom. The maximum Gasteiger partial charge on any atom is 0.416 e. The van der Waals surface area contributed by atoms with Gasteiger partial charge in [0, 0.05) is 5.56 Å². The number of carbonyl (C=O) groups excluding carboxylic acids is 1. The molecule has 15 heteroatoms. The lowest BCUT2D eigenvalue weighted by Crippen LogP contribution is -2.51. The number of anilines is 1. The SMILES string of the molecule is CCc1ccc(N(NC(=O)C(C)n2nnc(-c3cc(C(F)(F)F)cc(C(F)(F)F)c3)n2)C(N)=S)cc1. The highest BCUT2D eigenvalue weighted by Gasteiger charge is 2.37. The highest BCUT2D eigenvalue weighted by atomic mass is 32.1. The lowest BCUT2D eigenvalue weighted by atomic mass is 10.0. The van der Waals surface area contributed by atoms with Gasteiger partial charge in [-0.3, -0.25) is 10.2 Å². The normalized spacial score (nSPS) is 12.8. The van der Waals surface area contributed by atoms with Crippen LogP contribution in [0.25, 0.3) is 11.4 Å². The van der Waals surface area contributed by atoms with E-state index in [1.165, 1.54) is 6.92 Å². The highest BCUT2D eigenvalue weighted by Crippen LogP contribution is 2.38. The fraction of sp³-hybridized carbons (Fsp3) is 0.286. The van der Waals surface area contributed by atoms with Gasteiger partial charge in [0.25, 0.3) is 5.91 Å². The third-order valence-corrected chi connectivity index (χ3v) is 5.23. The lowest BCUT2D eigenvalue weighted by Gasteiger charge is -2.25. The summed E-state index contributed by atoms with van der Waals surface area (Å²) in [6, 6.07) is 6.72. The van der Waals surface area contributed by atoms with Gasteiger partial charge in [-0.15, -0.1) is 10.2 Å². The Morgan fingerprint density at radius 3 is 2.11 bits per heavy atom. The molecule has 0 aliphatic carbocycles. The third-order valence-electron chi connectivity index (χ3n) is 5.05. The van der Waals surface area contributed by atoms with Crippen LogP contribution in [-0.4, -0.2) is 31.2 Å². The van der Waals surface area contributed by atoms with Crippen molar-refractivity contribution in [3.05, 3.63) is 59.2 Å². The summed E-state index contributed by atoms with van der Waals surface area (Å²) >= 11 is 4.99. The van der Waals surface area contributed by atoms with E-state index in [0.717, 1.165) is 21.8 Å². The summed E-state index contributed by atoms with van der Waals surface area (Å²) in [6.07, 6.45) is -9.30. The number of hydrogen-bond acceptors (Lipinski definition) is 5. The van der Waals surface area contributed by atoms with Gasteiger partial charge in [-0.2, -0.15) is 31.1 Å². The van der Waals surface area contributed by atoms with Crippen LogP contribution in [0.5, 0.6) is 0 Å². The van der Waals surface area contributed by atoms with Gasteiger partial charge in [0.1, 0.15) is 0 Å². The predicted molar refractivity (Wildman–Crippen MR) is 121 cm³/mol. The van der Waals surface area contributed by atoms with Crippen molar-refractivity contribution in [2.45, 2.75) is 38.7 Å². The summed E-state index contributed by atoms with van der Waals surface area (Å²) in [5.41, 5.74) is 6.04. The van der Waals surface area contributed by atoms with Crippen molar-refractivity contribution >= 4 is 28.9 Å². The van der Waals surface area contributed by atoms with Crippen LogP contribution in [0.3, 0.4) is 0 Å². The van der Waals surface area contributed by atoms with Crippen molar-refractivity contribution in [2.24, 2.45) is 5.73 Å². The van der Waals surface area contributed by atoms with Crippen molar-refractivity contribution in [1.29, 1.82) is 0 Å². The first-order valence-electron chi connectivity index (χ1n) is 10.3. The zero-order chi connectivity index (χ0) is 26.8. The number of hydrazine groups is 1. The molecule has 3 rings (SSSR count). The molecule has 1 aromatic heterocycles. The Bertz CT molecular complexity index is 1220. The molecule has 0 saturated carbocycles. The summed E-state index contributed by atoms with van der Waals surface area (Å²) in [4.78, 5) is 13.5. The summed E-state index contributed by atoms with van der Waals surface area (Å²) in [5, 5.41) is 11.9. The van der Waals surface area contributed by atoms with Gasteiger partial charge < -0.3 is 5.73 Å². The van der Waals surface area contributed by atoms with Gasteiger partial charge in [0.15, 0.2) is 11.2 Å². The minimum Gasteiger partial charge on any atom is -0.374 e. The second kappa shape index (κ2) is 10.1. The molecule has 1 amide bonds. The molecule has 3 N–H and O–H groups in total. The van der Waals surface area contributed by atoms with E-state index in [9.17, 15) is 31.1 Å². The number of aromatic nitrogens is 4. The number of rotatable bonds is 5. The Balaban J connectivity index is 1.87. The van der Waals surface area contributed by atoms with Gasteiger partial charge >= 0.3 is 12.4 Å². The number of tetrazole rings is 1. The molecule has 3 aromatic rings. The minimum absolute atomic E-state index is 0.0126. The van der Waals surface area contributed by atoms with Crippen LogP contribution in [0.1, 0.15) is 36.6 Å². The molecule has 0 aliphatic rings. The van der Waals surface area contributed by atoms with Crippen LogP contribution in [0.15, 0.2) is 42.5 Å². The van der Waals surface area contributed by atoms with E-state index in [-0.39, 0.29) is 11.2 Å². The largest absolute Gasteiger partial charge is 0.416 e. The molecule has 0 spiro atoms. The lowest BCUT2D eigenvalue weighted by molar-refractivity contribution is -0.143. The van der Waals surface area contributed by atoms with Crippen LogP contribution >= 0.6 is 12.2 Å². The minimum atomic E-state index is -5.04. The summed E-state index contributed by atoms with van der Waals surface area (Å²) in [5.74, 6) is -1.26. The number of nitrogens with one attached hydrogen (secondary N) is 1. The van der Waals surface area contributed by atoms with Gasteiger partial charge in [-0.1, -0.05) is 19.1 Å². The first-order chi connectivity index (χ1) is 16.7. The summed E-state index contributed by atoms with van der Waals surface area (Å²) in [6.45, 7) is 3.30. The molecule has 1 heterocycles. The fourth-order valence-electron chi connectivity index (χ4n) is 3.02. The molecule has 0 radical (unpaired) electrons. The average Bonchev–Trinajstić information content (AvgIpc) is 3.31. The predicted octanol–water partition coefficient (Wildman–Crippen LogP) is 4.28. The highest BCUT2D eigenvalue weighted by molar-refractivity contribution is 7.80. The van der Waals surface area contributed by atoms with E-state index in [2.05, 4.69) is 20.8 Å². The van der Waals surface area contributed by atoms with Gasteiger partial charge in [-0.25, -0.2) is 5.01 Å². The maximum atomic E-state index is 13.2. The van der Waals surface area contributed by atoms with Gasteiger partial charge in [-0.05, 0) is 66.7 Å². The van der Waals surface area contributed by atoms with E-state index >= 15 is 0 Å². The van der Waals surface area contributed by atoms with Crippen LogP contribution < -0.4 is 16.2 Å². The molecule has 2 aromatic carbocycles. The van der Waals surface area contributed by atoms with E-state index in [1.54, 1.807) is 12.1 Å². The zero-order valence-corrected chi connectivity index (χ0v) is 19.5. The number of aryl methyl sites for hydroxylation is 1. The number of halogens is 6. The number of amides is 1. The standard InChI is InChI=1S/C21H19F6N7OS/c1-3-12-4-6-16(7-5-12)33(19(28)36)31-18(35)11(2)34-30-17(29-32-34)13-8-14(20(22,23)24)10-15(9-13)21(25,26)27/h4-11H,3H2,1-2H3,(H2,28,36)(H,31,35). The average molecular weight is 531 g/mol. The van der Waals surface area contributed by atoms with Crippen molar-refractivity contribution in [3.63, 3.8) is 0 Å². The van der Waals surface area contributed by atoms with E-state index in [4.69, 9.17) is 18.0 Å². The Morgan fingerprint density at radius 1 is 1.08 bits per heavy atom. The molecule has 0 saturated heterocycles. The first kappa shape index (κ1) is 26.8. The number of nitrogens with two attached hydrogens (primary N) is 1. The second-order valence-corrected chi connectivity index (χ2v) is 7.99. The Labute approximate surface area is 206 Å². The number of hydrogen-bond donors (Lipinski definition) is 2. The number of nitrogens with zero attached hydrogens (tertiary/aromatic N) is 5. The number of alkyl halides is 6. The monoisotopic (exact) mass is 531 g/mol. The molecular formula is C21H19F6N7OS. The molecule has 0 fully saturated rings. The maximum absolute atomic E-state index is 13.2. The summed E-state index contributed by atoms with van der Waals surface area (Å²) < 4.78 is 78.9. The topological polar surface area (TPSA) is 102 Å². The Kier molecular flexibility index (Phi) is 7.52. The molecule has 0 bridgehead atoms. The number of carbonyl (C=O) groups is 1. The van der Waals surface area contributed by atoms with Crippen molar-refractivity contribution in [3.8, 4) is 11.4 Å². The number of thiocarbonyl (C=S) groups is 1. The molecule has 0 aliphatic heterocycles. The quantitative estimate of drug-likeness (QED) is 0.288. The van der Waals surface area contributed by atoms with Crippen LogP contribution in [0.2, 0.25) is 0 Å². The van der Waals surface area contributed by atoms with Crippen LogP contribution in [0, 0.1) is 0 Å². The van der Waals surface area contributed by atoms with Crippen LogP contribution in [-0.2, 0) is 23.6 Å². The van der Waals surface area contributed by atoms with Crippen molar-refractivity contribution in [2.75, 3.05) is 5.01 Å². The van der Waals surface area contributed by atoms with E-state index < -0.39 is 46.8 Å². The Hall–Kier alpha value is -3.75. The smallest absolute Gasteiger partial charge is 0.374 e. The van der Waals surface area contributed by atoms with Crippen LogP contribution in [0.4, 0.5) is 32.0 Å². The molecule has 1 atom stereocenters. The first-order valence-corrected chi connectivity index (χ1v) is 10.7. The summed E-state index contributed by atoms with van der Waals surface area (Å²) in [7, 11) is 0. The van der Waals surface area contributed by atoms with Crippen molar-refractivity contribution < 1.29 is 31.1 Å². The zero-order valence-electron chi connectivity index (χ0n) is 18.7. The van der Waals surface area contributed by atoms with Gasteiger partial charge in [0.05, 0.1) is 16.8 Å². The van der Waals surface area contributed by atoms with E-state index in [0.29, 0.717) is 17.8 Å². The molecule has 36 heavy (non-hydrogen) atoms. The molecule has 192 valence electrons. The fourth-order valence-corrected chi connectivity index (χ4v) is 3.18. The molecule has 8 nitrogen and oxygen atoms in total. The molecule has 1 unspecified atom stereocenters. The third kappa shape index (κ3) is 6.08. The van der Waals surface area contributed by atoms with E-state index in [1.807, 2.05) is 19.1 Å². The van der Waals surface area contributed by atoms with Crippen molar-refractivity contribution in [1.82, 2.24) is 25.6 Å². The second-order valence-electron chi connectivity index (χ2n) is 7.57.